The predicted molar refractivity (Wildman–Crippen MR) is 88.9 cm³/mol. The van der Waals surface area contributed by atoms with E-state index in [1.807, 2.05) is 31.2 Å². The topological polar surface area (TPSA) is 42.0 Å². The number of hydrogen-bond donors (Lipinski definition) is 1. The van der Waals surface area contributed by atoms with Gasteiger partial charge in [-0.15, -0.1) is 11.3 Å². The molecule has 1 aromatic heterocycles. The Bertz CT molecular complexity index is 626. The average molecular weight is 302 g/mol. The highest BCUT2D eigenvalue weighted by atomic mass is 32.1. The number of anilines is 1. The minimum Gasteiger partial charge on any atom is -0.326 e. The summed E-state index contributed by atoms with van der Waals surface area (Å²) in [7, 11) is 0. The van der Waals surface area contributed by atoms with E-state index in [2.05, 4.69) is 36.5 Å². The Kier molecular flexibility index (Phi) is 4.78. The lowest BCUT2D eigenvalue weighted by atomic mass is 9.93. The SMILES string of the molecule is Cc1cccc(NC(=O)CCc2nc(C(C)(C)C)cs2)c1. The molecule has 112 valence electrons. The van der Waals surface area contributed by atoms with Crippen LogP contribution in [0.4, 0.5) is 5.69 Å². The molecule has 2 aromatic rings. The minimum atomic E-state index is 0.0353. The molecule has 0 aliphatic carbocycles. The molecule has 1 N–H and O–H groups in total. The van der Waals surface area contributed by atoms with Crippen molar-refractivity contribution >= 4 is 22.9 Å². The van der Waals surface area contributed by atoms with Crippen LogP contribution in [0.3, 0.4) is 0 Å². The lowest BCUT2D eigenvalue weighted by molar-refractivity contribution is -0.116. The highest BCUT2D eigenvalue weighted by Gasteiger charge is 2.17. The number of nitrogens with one attached hydrogen (secondary N) is 1. The van der Waals surface area contributed by atoms with Crippen molar-refractivity contribution in [2.24, 2.45) is 0 Å². The highest BCUT2D eigenvalue weighted by molar-refractivity contribution is 7.09. The van der Waals surface area contributed by atoms with Crippen LogP contribution in [0.1, 0.15) is 43.5 Å². The lowest BCUT2D eigenvalue weighted by Crippen LogP contribution is -2.13. The maximum atomic E-state index is 12.0. The molecule has 0 atom stereocenters. The minimum absolute atomic E-state index is 0.0353. The van der Waals surface area contributed by atoms with Crippen LogP contribution in [-0.4, -0.2) is 10.9 Å². The maximum absolute atomic E-state index is 12.0. The van der Waals surface area contributed by atoms with E-state index in [1.165, 1.54) is 0 Å². The van der Waals surface area contributed by atoms with Gasteiger partial charge in [-0.3, -0.25) is 4.79 Å². The first-order chi connectivity index (χ1) is 9.84. The predicted octanol–water partition coefficient (Wildman–Crippen LogP) is 4.32. The molecule has 21 heavy (non-hydrogen) atoms. The average Bonchev–Trinajstić information content (AvgIpc) is 2.85. The smallest absolute Gasteiger partial charge is 0.224 e. The van der Waals surface area contributed by atoms with Gasteiger partial charge in [0.05, 0.1) is 10.7 Å². The number of rotatable bonds is 4. The van der Waals surface area contributed by atoms with E-state index >= 15 is 0 Å². The number of carbonyl (C=O) groups is 1. The molecular weight excluding hydrogens is 280 g/mol. The van der Waals surface area contributed by atoms with Gasteiger partial charge < -0.3 is 5.32 Å². The maximum Gasteiger partial charge on any atom is 0.224 e. The molecular formula is C17H22N2OS. The van der Waals surface area contributed by atoms with E-state index in [1.54, 1.807) is 11.3 Å². The molecule has 0 fully saturated rings. The van der Waals surface area contributed by atoms with Crippen molar-refractivity contribution < 1.29 is 4.79 Å². The Morgan fingerprint density at radius 2 is 2.10 bits per heavy atom. The van der Waals surface area contributed by atoms with Crippen molar-refractivity contribution in [1.82, 2.24) is 4.98 Å². The molecule has 4 heteroatoms. The first kappa shape index (κ1) is 15.7. The zero-order valence-electron chi connectivity index (χ0n) is 13.1. The molecule has 1 amide bonds. The van der Waals surface area contributed by atoms with Crippen LogP contribution in [0.5, 0.6) is 0 Å². The fourth-order valence-corrected chi connectivity index (χ4v) is 2.96. The standard InChI is InChI=1S/C17H22N2OS/c1-12-6-5-7-13(10-12)18-15(20)8-9-16-19-14(11-21-16)17(2,3)4/h5-7,10-11H,8-9H2,1-4H3,(H,18,20). The summed E-state index contributed by atoms with van der Waals surface area (Å²) in [6.07, 6.45) is 1.16. The second-order valence-corrected chi connectivity index (χ2v) is 7.24. The fourth-order valence-electron chi connectivity index (χ4n) is 1.94. The highest BCUT2D eigenvalue weighted by Crippen LogP contribution is 2.24. The largest absolute Gasteiger partial charge is 0.326 e. The summed E-state index contributed by atoms with van der Waals surface area (Å²) in [6.45, 7) is 8.46. The number of benzene rings is 1. The molecule has 0 spiro atoms. The molecule has 2 rings (SSSR count). The summed E-state index contributed by atoms with van der Waals surface area (Å²) in [5.74, 6) is 0.0353. The summed E-state index contributed by atoms with van der Waals surface area (Å²) >= 11 is 1.64. The van der Waals surface area contributed by atoms with Gasteiger partial charge in [0.15, 0.2) is 0 Å². The van der Waals surface area contributed by atoms with E-state index in [4.69, 9.17) is 0 Å². The van der Waals surface area contributed by atoms with Crippen LogP contribution in [-0.2, 0) is 16.6 Å². The number of aryl methyl sites for hydroxylation is 2. The van der Waals surface area contributed by atoms with Crippen LogP contribution >= 0.6 is 11.3 Å². The number of amides is 1. The molecule has 0 bridgehead atoms. The summed E-state index contributed by atoms with van der Waals surface area (Å²) in [4.78, 5) is 16.6. The van der Waals surface area contributed by atoms with Crippen LogP contribution in [0.25, 0.3) is 0 Å². The number of nitrogens with zero attached hydrogens (tertiary/aromatic N) is 1. The zero-order chi connectivity index (χ0) is 15.5. The number of carbonyl (C=O) groups excluding carboxylic acids is 1. The molecule has 0 saturated carbocycles. The summed E-state index contributed by atoms with van der Waals surface area (Å²) in [6, 6.07) is 7.84. The number of hydrogen-bond acceptors (Lipinski definition) is 3. The number of aromatic nitrogens is 1. The van der Waals surface area contributed by atoms with Gasteiger partial charge in [-0.2, -0.15) is 0 Å². The van der Waals surface area contributed by atoms with E-state index < -0.39 is 0 Å². The fraction of sp³-hybridized carbons (Fsp3) is 0.412. The van der Waals surface area contributed by atoms with Crippen molar-refractivity contribution in [3.05, 3.63) is 45.9 Å². The molecule has 1 aromatic carbocycles. The van der Waals surface area contributed by atoms with Gasteiger partial charge in [0.2, 0.25) is 5.91 Å². The molecule has 0 unspecified atom stereocenters. The van der Waals surface area contributed by atoms with Crippen molar-refractivity contribution in [3.63, 3.8) is 0 Å². The third kappa shape index (κ3) is 4.67. The van der Waals surface area contributed by atoms with Gasteiger partial charge in [0, 0.05) is 29.3 Å². The molecule has 0 aliphatic rings. The third-order valence-electron chi connectivity index (χ3n) is 3.19. The van der Waals surface area contributed by atoms with E-state index in [0.29, 0.717) is 12.8 Å². The van der Waals surface area contributed by atoms with Crippen LogP contribution < -0.4 is 5.32 Å². The molecule has 0 radical (unpaired) electrons. The van der Waals surface area contributed by atoms with Gasteiger partial charge in [-0.05, 0) is 24.6 Å². The van der Waals surface area contributed by atoms with Crippen molar-refractivity contribution in [2.75, 3.05) is 5.32 Å². The first-order valence-electron chi connectivity index (χ1n) is 7.16. The number of thiazole rings is 1. The second-order valence-electron chi connectivity index (χ2n) is 6.29. The third-order valence-corrected chi connectivity index (χ3v) is 4.10. The molecule has 0 aliphatic heterocycles. The Hall–Kier alpha value is -1.68. The van der Waals surface area contributed by atoms with E-state index in [9.17, 15) is 4.79 Å². The van der Waals surface area contributed by atoms with Crippen LogP contribution in [0, 0.1) is 6.92 Å². The van der Waals surface area contributed by atoms with E-state index in [0.717, 1.165) is 22.0 Å². The lowest BCUT2D eigenvalue weighted by Gasteiger charge is -2.14. The van der Waals surface area contributed by atoms with Crippen LogP contribution in [0.15, 0.2) is 29.6 Å². The van der Waals surface area contributed by atoms with Gasteiger partial charge >= 0.3 is 0 Å². The first-order valence-corrected chi connectivity index (χ1v) is 8.04. The summed E-state index contributed by atoms with van der Waals surface area (Å²) < 4.78 is 0. The molecule has 0 saturated heterocycles. The second kappa shape index (κ2) is 6.39. The van der Waals surface area contributed by atoms with E-state index in [-0.39, 0.29) is 11.3 Å². The van der Waals surface area contributed by atoms with Gasteiger partial charge in [-0.1, -0.05) is 32.9 Å². The Balaban J connectivity index is 1.88. The molecule has 1 heterocycles. The van der Waals surface area contributed by atoms with Crippen molar-refractivity contribution in [2.45, 2.75) is 46.0 Å². The summed E-state index contributed by atoms with van der Waals surface area (Å²) in [5, 5.41) is 6.05. The Labute approximate surface area is 130 Å². The van der Waals surface area contributed by atoms with Gasteiger partial charge in [0.1, 0.15) is 0 Å². The Morgan fingerprint density at radius 3 is 2.71 bits per heavy atom. The monoisotopic (exact) mass is 302 g/mol. The van der Waals surface area contributed by atoms with Gasteiger partial charge in [-0.25, -0.2) is 4.98 Å². The Morgan fingerprint density at radius 1 is 1.33 bits per heavy atom. The normalized spacial score (nSPS) is 11.4. The van der Waals surface area contributed by atoms with Crippen molar-refractivity contribution in [1.29, 1.82) is 0 Å². The summed E-state index contributed by atoms with van der Waals surface area (Å²) in [5.41, 5.74) is 3.16. The quantitative estimate of drug-likeness (QED) is 0.914. The molecule has 3 nitrogen and oxygen atoms in total. The van der Waals surface area contributed by atoms with Crippen LogP contribution in [0.2, 0.25) is 0 Å². The zero-order valence-corrected chi connectivity index (χ0v) is 13.9. The van der Waals surface area contributed by atoms with Crippen molar-refractivity contribution in [3.8, 4) is 0 Å². The van der Waals surface area contributed by atoms with Gasteiger partial charge in [0.25, 0.3) is 0 Å².